The van der Waals surface area contributed by atoms with Crippen LogP contribution >= 0.6 is 12.6 Å². The van der Waals surface area contributed by atoms with E-state index in [0.717, 1.165) is 55.6 Å². The Hall–Kier alpha value is -2.97. The van der Waals surface area contributed by atoms with Gasteiger partial charge in [0, 0.05) is 10.8 Å². The Kier molecular flexibility index (Phi) is 12.7. The van der Waals surface area contributed by atoms with Crippen LogP contribution in [0.1, 0.15) is 86.6 Å². The number of thiol groups is 1. The van der Waals surface area contributed by atoms with E-state index in [1.165, 1.54) is 38.9 Å². The summed E-state index contributed by atoms with van der Waals surface area (Å²) in [5.74, 6) is 1.30. The van der Waals surface area contributed by atoms with E-state index in [4.69, 9.17) is 4.74 Å². The number of hydrogen-bond acceptors (Lipinski definition) is 2. The van der Waals surface area contributed by atoms with E-state index < -0.39 is 0 Å². The fourth-order valence-electron chi connectivity index (χ4n) is 5.24. The van der Waals surface area contributed by atoms with Crippen LogP contribution in [-0.4, -0.2) is 7.11 Å². The third kappa shape index (κ3) is 9.04. The van der Waals surface area contributed by atoms with Crippen LogP contribution < -0.4 is 0 Å². The summed E-state index contributed by atoms with van der Waals surface area (Å²) in [5, 5.41) is 0. The SMILES string of the molecule is C/C=C\C(=C/C/C=C/CCCc1ccc(C)c(-c2cc(C(CC)c3ccc(S)cc3)ccc2CCC)c1)OC. The molecule has 1 atom stereocenters. The first-order chi connectivity index (χ1) is 19.0. The van der Waals surface area contributed by atoms with Crippen molar-refractivity contribution in [1.29, 1.82) is 0 Å². The smallest absolute Gasteiger partial charge is 0.114 e. The Morgan fingerprint density at radius 2 is 1.67 bits per heavy atom. The standard InChI is InChI=1S/C37H46OS/c1-6-14-30-20-21-32(35(8-3)31-22-24-34(39)25-23-31)27-37(30)36-26-29(19-18-28(36)4)16-12-10-9-11-13-17-33(38-5)15-7-2/h7,9,11,15,17-27,35,39H,6,8,10,12-14,16H2,1-5H3/b11-9+,15-7-,33-17+. The van der Waals surface area contributed by atoms with E-state index in [1.807, 2.05) is 19.1 Å². The van der Waals surface area contributed by atoms with Crippen molar-refractivity contribution in [2.24, 2.45) is 0 Å². The van der Waals surface area contributed by atoms with Gasteiger partial charge in [0.25, 0.3) is 0 Å². The van der Waals surface area contributed by atoms with Gasteiger partial charge in [-0.2, -0.15) is 0 Å². The van der Waals surface area contributed by atoms with Crippen LogP contribution in [0, 0.1) is 6.92 Å². The summed E-state index contributed by atoms with van der Waals surface area (Å²) >= 11 is 4.49. The molecule has 39 heavy (non-hydrogen) atoms. The van der Waals surface area contributed by atoms with Crippen molar-refractivity contribution in [3.05, 3.63) is 125 Å². The number of rotatable bonds is 14. The molecule has 0 aliphatic carbocycles. The fraction of sp³-hybridized carbons (Fsp3) is 0.351. The minimum atomic E-state index is 0.386. The summed E-state index contributed by atoms with van der Waals surface area (Å²) in [6.07, 6.45) is 18.2. The summed E-state index contributed by atoms with van der Waals surface area (Å²) in [7, 11) is 1.72. The number of allylic oxidation sites excluding steroid dienone is 5. The third-order valence-corrected chi connectivity index (χ3v) is 7.67. The van der Waals surface area contributed by atoms with E-state index in [-0.39, 0.29) is 0 Å². The molecular formula is C37H46OS. The van der Waals surface area contributed by atoms with Crippen molar-refractivity contribution in [1.82, 2.24) is 0 Å². The van der Waals surface area contributed by atoms with Crippen molar-refractivity contribution < 1.29 is 4.74 Å². The van der Waals surface area contributed by atoms with Gasteiger partial charge in [-0.15, -0.1) is 12.6 Å². The molecule has 0 heterocycles. The summed E-state index contributed by atoms with van der Waals surface area (Å²) in [5.41, 5.74) is 9.76. The van der Waals surface area contributed by atoms with Gasteiger partial charge in [0.1, 0.15) is 5.76 Å². The molecular weight excluding hydrogens is 492 g/mol. The topological polar surface area (TPSA) is 9.23 Å². The van der Waals surface area contributed by atoms with Gasteiger partial charge < -0.3 is 4.74 Å². The predicted molar refractivity (Wildman–Crippen MR) is 173 cm³/mol. The molecule has 0 saturated carbocycles. The molecule has 3 rings (SSSR count). The Labute approximate surface area is 243 Å². The molecule has 0 spiro atoms. The lowest BCUT2D eigenvalue weighted by atomic mass is 9.84. The second-order valence-corrected chi connectivity index (χ2v) is 10.8. The van der Waals surface area contributed by atoms with Crippen LogP contribution in [0.3, 0.4) is 0 Å². The van der Waals surface area contributed by atoms with Crippen molar-refractivity contribution in [2.75, 3.05) is 7.11 Å². The molecule has 206 valence electrons. The van der Waals surface area contributed by atoms with Crippen molar-refractivity contribution in [3.63, 3.8) is 0 Å². The second-order valence-electron chi connectivity index (χ2n) is 10.3. The molecule has 0 saturated heterocycles. The Morgan fingerprint density at radius 1 is 0.897 bits per heavy atom. The van der Waals surface area contributed by atoms with E-state index in [9.17, 15) is 0 Å². The van der Waals surface area contributed by atoms with Crippen LogP contribution in [0.2, 0.25) is 0 Å². The average Bonchev–Trinajstić information content (AvgIpc) is 2.95. The normalized spacial score (nSPS) is 12.9. The maximum absolute atomic E-state index is 5.35. The first-order valence-corrected chi connectivity index (χ1v) is 15.0. The van der Waals surface area contributed by atoms with Gasteiger partial charge >= 0.3 is 0 Å². The van der Waals surface area contributed by atoms with E-state index in [2.05, 4.69) is 112 Å². The highest BCUT2D eigenvalue weighted by Crippen LogP contribution is 2.35. The van der Waals surface area contributed by atoms with Gasteiger partial charge in [-0.1, -0.05) is 87.0 Å². The molecule has 3 aromatic carbocycles. The lowest BCUT2D eigenvalue weighted by Crippen LogP contribution is -2.02. The first kappa shape index (κ1) is 30.6. The quantitative estimate of drug-likeness (QED) is 0.0706. The number of benzene rings is 3. The molecule has 0 aliphatic heterocycles. The Bertz CT molecular complexity index is 1260. The fourth-order valence-corrected chi connectivity index (χ4v) is 5.39. The van der Waals surface area contributed by atoms with Crippen LogP contribution in [-0.2, 0) is 17.6 Å². The maximum Gasteiger partial charge on any atom is 0.114 e. The van der Waals surface area contributed by atoms with Crippen LogP contribution in [0.4, 0.5) is 0 Å². The zero-order valence-electron chi connectivity index (χ0n) is 24.5. The maximum atomic E-state index is 5.35. The highest BCUT2D eigenvalue weighted by atomic mass is 32.1. The van der Waals surface area contributed by atoms with Crippen LogP contribution in [0.25, 0.3) is 11.1 Å². The van der Waals surface area contributed by atoms with Gasteiger partial charge in [0.05, 0.1) is 7.11 Å². The summed E-state index contributed by atoms with van der Waals surface area (Å²) < 4.78 is 5.35. The molecule has 0 aromatic heterocycles. The summed E-state index contributed by atoms with van der Waals surface area (Å²) in [6, 6.07) is 22.9. The molecule has 0 N–H and O–H groups in total. The molecule has 1 unspecified atom stereocenters. The number of ether oxygens (including phenoxy) is 1. The van der Waals surface area contributed by atoms with Crippen molar-refractivity contribution >= 4 is 12.6 Å². The predicted octanol–water partition coefficient (Wildman–Crippen LogP) is 10.8. The lowest BCUT2D eigenvalue weighted by Gasteiger charge is -2.20. The number of methoxy groups -OCH3 is 1. The minimum absolute atomic E-state index is 0.386. The van der Waals surface area contributed by atoms with Gasteiger partial charge in [-0.25, -0.2) is 0 Å². The zero-order chi connectivity index (χ0) is 28.0. The molecule has 3 aromatic rings. The largest absolute Gasteiger partial charge is 0.497 e. The first-order valence-electron chi connectivity index (χ1n) is 14.5. The molecule has 1 nitrogen and oxygen atoms in total. The molecule has 0 radical (unpaired) electrons. The molecule has 0 fully saturated rings. The van der Waals surface area contributed by atoms with E-state index in [0.29, 0.717) is 5.92 Å². The van der Waals surface area contributed by atoms with Crippen molar-refractivity contribution in [3.8, 4) is 11.1 Å². The zero-order valence-corrected chi connectivity index (χ0v) is 25.4. The molecule has 0 amide bonds. The summed E-state index contributed by atoms with van der Waals surface area (Å²) in [6.45, 7) is 8.82. The second kappa shape index (κ2) is 16.2. The van der Waals surface area contributed by atoms with Crippen molar-refractivity contribution in [2.45, 2.75) is 83.5 Å². The third-order valence-electron chi connectivity index (χ3n) is 7.38. The minimum Gasteiger partial charge on any atom is -0.497 e. The van der Waals surface area contributed by atoms with Gasteiger partial charge in [0.15, 0.2) is 0 Å². The van der Waals surface area contributed by atoms with Gasteiger partial charge in [-0.3, -0.25) is 0 Å². The highest BCUT2D eigenvalue weighted by molar-refractivity contribution is 7.80. The van der Waals surface area contributed by atoms with E-state index in [1.54, 1.807) is 7.11 Å². The molecule has 2 heteroatoms. The number of hydrogen-bond donors (Lipinski definition) is 1. The van der Waals surface area contributed by atoms with Gasteiger partial charge in [-0.05, 0) is 116 Å². The Morgan fingerprint density at radius 3 is 2.36 bits per heavy atom. The molecule has 0 aliphatic rings. The number of unbranched alkanes of at least 4 members (excludes halogenated alkanes) is 1. The lowest BCUT2D eigenvalue weighted by molar-refractivity contribution is 0.305. The summed E-state index contributed by atoms with van der Waals surface area (Å²) in [4.78, 5) is 1.01. The average molecular weight is 539 g/mol. The van der Waals surface area contributed by atoms with Gasteiger partial charge in [0.2, 0.25) is 0 Å². The highest BCUT2D eigenvalue weighted by Gasteiger charge is 2.16. The van der Waals surface area contributed by atoms with Crippen LogP contribution in [0.5, 0.6) is 0 Å². The number of aryl methyl sites for hydroxylation is 3. The molecule has 0 bridgehead atoms. The van der Waals surface area contributed by atoms with E-state index >= 15 is 0 Å². The monoisotopic (exact) mass is 538 g/mol. The Balaban J connectivity index is 1.79. The van der Waals surface area contributed by atoms with Crippen LogP contribution in [0.15, 0.2) is 102 Å².